The van der Waals surface area contributed by atoms with E-state index < -0.39 is 0 Å². The van der Waals surface area contributed by atoms with Crippen LogP contribution < -0.4 is 0 Å². The number of rotatable bonds is 2. The minimum atomic E-state index is 1.00. The van der Waals surface area contributed by atoms with E-state index >= 15 is 0 Å². The Morgan fingerprint density at radius 3 is 2.38 bits per heavy atom. The molecule has 3 rings (SSSR count). The predicted octanol–water partition coefficient (Wildman–Crippen LogP) is 5.05. The van der Waals surface area contributed by atoms with Crippen molar-refractivity contribution in [2.45, 2.75) is 70.6 Å². The molecule has 89 valence electrons. The molecule has 0 aromatic rings. The molecule has 0 aromatic carbocycles. The monoisotopic (exact) mass is 217 g/mol. The third-order valence-corrected chi connectivity index (χ3v) is 5.08. The molecule has 1 atom stereocenters. The first kappa shape index (κ1) is 10.9. The topological polar surface area (TPSA) is 0 Å². The molecule has 0 spiro atoms. The standard InChI is InChI=1S/C16H25/c1-2-8-13(7-1)15-11-5-6-12-16(15)14-9-3-4-10-14/h7,14,16H,1-6,8-12H2. The Labute approximate surface area is 101 Å². The molecule has 0 heterocycles. The predicted molar refractivity (Wildman–Crippen MR) is 69.1 cm³/mol. The second-order valence-corrected chi connectivity index (χ2v) is 6.04. The Balaban J connectivity index is 1.72. The molecular weight excluding hydrogens is 192 g/mol. The van der Waals surface area contributed by atoms with E-state index in [0.29, 0.717) is 0 Å². The largest absolute Gasteiger partial charge is 0.0847 e. The Kier molecular flexibility index (Phi) is 3.35. The summed E-state index contributed by atoms with van der Waals surface area (Å²) in [5.74, 6) is 3.98. The highest BCUT2D eigenvalue weighted by atomic mass is 14.4. The number of hydrogen-bond donors (Lipinski definition) is 0. The highest BCUT2D eigenvalue weighted by molar-refractivity contribution is 5.30. The second kappa shape index (κ2) is 4.94. The molecular formula is C16H25. The van der Waals surface area contributed by atoms with E-state index in [-0.39, 0.29) is 0 Å². The summed E-state index contributed by atoms with van der Waals surface area (Å²) in [6.45, 7) is 0. The van der Waals surface area contributed by atoms with E-state index in [1.807, 2.05) is 5.92 Å². The normalized spacial score (nSPS) is 33.2. The highest BCUT2D eigenvalue weighted by Gasteiger charge is 2.35. The van der Waals surface area contributed by atoms with E-state index in [1.54, 1.807) is 5.57 Å². The molecule has 3 aliphatic rings. The average molecular weight is 217 g/mol. The molecule has 0 aliphatic heterocycles. The van der Waals surface area contributed by atoms with Crippen LogP contribution in [0.3, 0.4) is 0 Å². The Morgan fingerprint density at radius 1 is 0.812 bits per heavy atom. The van der Waals surface area contributed by atoms with Crippen molar-refractivity contribution in [3.8, 4) is 0 Å². The SMILES string of the molecule is C1=C([C]2CCCCC2C2CCCC2)CCC1. The summed E-state index contributed by atoms with van der Waals surface area (Å²) in [6.07, 6.45) is 18.7. The van der Waals surface area contributed by atoms with Gasteiger partial charge >= 0.3 is 0 Å². The lowest BCUT2D eigenvalue weighted by atomic mass is 9.69. The fourth-order valence-corrected chi connectivity index (χ4v) is 4.28. The van der Waals surface area contributed by atoms with Crippen molar-refractivity contribution in [1.82, 2.24) is 0 Å². The van der Waals surface area contributed by atoms with E-state index in [1.165, 1.54) is 70.6 Å². The third kappa shape index (κ3) is 2.08. The molecule has 0 heteroatoms. The van der Waals surface area contributed by atoms with Crippen LogP contribution in [0.15, 0.2) is 11.6 Å². The summed E-state index contributed by atoms with van der Waals surface area (Å²) in [4.78, 5) is 0. The fourth-order valence-electron chi connectivity index (χ4n) is 4.28. The first-order valence-electron chi connectivity index (χ1n) is 7.50. The minimum absolute atomic E-state index is 1.00. The van der Waals surface area contributed by atoms with E-state index in [0.717, 1.165) is 11.8 Å². The molecule has 0 amide bonds. The molecule has 2 saturated carbocycles. The van der Waals surface area contributed by atoms with Crippen molar-refractivity contribution in [2.75, 3.05) is 0 Å². The third-order valence-electron chi connectivity index (χ3n) is 5.08. The van der Waals surface area contributed by atoms with Crippen LogP contribution in [0.25, 0.3) is 0 Å². The van der Waals surface area contributed by atoms with Gasteiger partial charge in [-0.15, -0.1) is 0 Å². The van der Waals surface area contributed by atoms with E-state index in [9.17, 15) is 0 Å². The molecule has 0 bridgehead atoms. The van der Waals surface area contributed by atoms with Crippen LogP contribution in [0, 0.1) is 17.8 Å². The van der Waals surface area contributed by atoms with Gasteiger partial charge in [0.05, 0.1) is 0 Å². The maximum Gasteiger partial charge on any atom is 0.00390 e. The molecule has 1 unspecified atom stereocenters. The van der Waals surface area contributed by atoms with Crippen molar-refractivity contribution in [1.29, 1.82) is 0 Å². The van der Waals surface area contributed by atoms with Gasteiger partial charge in [-0.05, 0) is 43.9 Å². The van der Waals surface area contributed by atoms with Crippen LogP contribution in [0.1, 0.15) is 70.6 Å². The molecule has 3 aliphatic carbocycles. The second-order valence-electron chi connectivity index (χ2n) is 6.04. The van der Waals surface area contributed by atoms with Crippen LogP contribution in [-0.2, 0) is 0 Å². The summed E-state index contributed by atoms with van der Waals surface area (Å²) < 4.78 is 0. The Morgan fingerprint density at radius 2 is 1.62 bits per heavy atom. The summed E-state index contributed by atoms with van der Waals surface area (Å²) in [6, 6.07) is 0. The zero-order chi connectivity index (χ0) is 10.8. The first-order chi connectivity index (χ1) is 7.95. The molecule has 2 fully saturated rings. The minimum Gasteiger partial charge on any atom is -0.0847 e. The number of hydrogen-bond acceptors (Lipinski definition) is 0. The van der Waals surface area contributed by atoms with Crippen LogP contribution >= 0.6 is 0 Å². The number of allylic oxidation sites excluding steroid dienone is 2. The van der Waals surface area contributed by atoms with Crippen LogP contribution in [0.5, 0.6) is 0 Å². The summed E-state index contributed by atoms with van der Waals surface area (Å²) in [7, 11) is 0. The Hall–Kier alpha value is -0.260. The van der Waals surface area contributed by atoms with Gasteiger partial charge in [-0.2, -0.15) is 0 Å². The van der Waals surface area contributed by atoms with Gasteiger partial charge in [0.2, 0.25) is 0 Å². The van der Waals surface area contributed by atoms with Crippen LogP contribution in [0.2, 0.25) is 0 Å². The molecule has 0 N–H and O–H groups in total. The average Bonchev–Trinajstić information content (AvgIpc) is 3.03. The smallest absolute Gasteiger partial charge is 0.00390 e. The summed E-state index contributed by atoms with van der Waals surface area (Å²) in [5.41, 5.74) is 1.79. The van der Waals surface area contributed by atoms with Gasteiger partial charge in [-0.1, -0.05) is 50.2 Å². The molecule has 16 heavy (non-hydrogen) atoms. The fraction of sp³-hybridized carbons (Fsp3) is 0.812. The van der Waals surface area contributed by atoms with Gasteiger partial charge in [0, 0.05) is 5.92 Å². The lowest BCUT2D eigenvalue weighted by molar-refractivity contribution is 0.286. The van der Waals surface area contributed by atoms with E-state index in [2.05, 4.69) is 6.08 Å². The van der Waals surface area contributed by atoms with Crippen molar-refractivity contribution in [2.24, 2.45) is 11.8 Å². The summed E-state index contributed by atoms with van der Waals surface area (Å²) in [5, 5.41) is 0. The maximum absolute atomic E-state index is 2.56. The van der Waals surface area contributed by atoms with Gasteiger partial charge < -0.3 is 0 Å². The van der Waals surface area contributed by atoms with Crippen molar-refractivity contribution in [3.63, 3.8) is 0 Å². The van der Waals surface area contributed by atoms with Crippen LogP contribution in [0.4, 0.5) is 0 Å². The van der Waals surface area contributed by atoms with E-state index in [4.69, 9.17) is 0 Å². The quantitative estimate of drug-likeness (QED) is 0.607. The lowest BCUT2D eigenvalue weighted by Crippen LogP contribution is -2.25. The van der Waals surface area contributed by atoms with Crippen LogP contribution in [-0.4, -0.2) is 0 Å². The van der Waals surface area contributed by atoms with Crippen molar-refractivity contribution >= 4 is 0 Å². The van der Waals surface area contributed by atoms with Gasteiger partial charge in [-0.25, -0.2) is 0 Å². The molecule has 1 radical (unpaired) electrons. The van der Waals surface area contributed by atoms with Gasteiger partial charge in [-0.3, -0.25) is 0 Å². The molecule has 0 nitrogen and oxygen atoms in total. The van der Waals surface area contributed by atoms with Gasteiger partial charge in [0.1, 0.15) is 0 Å². The zero-order valence-electron chi connectivity index (χ0n) is 10.5. The van der Waals surface area contributed by atoms with Crippen molar-refractivity contribution < 1.29 is 0 Å². The summed E-state index contributed by atoms with van der Waals surface area (Å²) >= 11 is 0. The molecule has 0 aromatic heterocycles. The zero-order valence-corrected chi connectivity index (χ0v) is 10.5. The first-order valence-corrected chi connectivity index (χ1v) is 7.50. The Bertz CT molecular complexity index is 257. The lowest BCUT2D eigenvalue weighted by Gasteiger charge is -2.36. The van der Waals surface area contributed by atoms with Crippen molar-refractivity contribution in [3.05, 3.63) is 17.6 Å². The van der Waals surface area contributed by atoms with Gasteiger partial charge in [0.25, 0.3) is 0 Å². The highest BCUT2D eigenvalue weighted by Crippen LogP contribution is 2.48. The van der Waals surface area contributed by atoms with Gasteiger partial charge in [0.15, 0.2) is 0 Å². The maximum atomic E-state index is 2.56. The molecule has 0 saturated heterocycles.